The van der Waals surface area contributed by atoms with Gasteiger partial charge in [-0.05, 0) is 134 Å². The number of benzene rings is 10. The average molecular weight is 844 g/mol. The lowest BCUT2D eigenvalue weighted by Crippen LogP contribution is -2.56. The fourth-order valence-electron chi connectivity index (χ4n) is 11.0. The van der Waals surface area contributed by atoms with E-state index < -0.39 is 0 Å². The minimum absolute atomic E-state index is 0.0404. The van der Waals surface area contributed by atoms with Crippen molar-refractivity contribution < 1.29 is 0 Å². The molecule has 0 saturated heterocycles. The van der Waals surface area contributed by atoms with E-state index >= 15 is 0 Å². The molecule has 0 aliphatic carbocycles. The largest absolute Gasteiger partial charge is 0.375 e. The van der Waals surface area contributed by atoms with E-state index in [-0.39, 0.29) is 12.3 Å². The highest BCUT2D eigenvalue weighted by molar-refractivity contribution is 6.90. The van der Waals surface area contributed by atoms with Crippen LogP contribution in [0, 0.1) is 0 Å². The molecule has 312 valence electrons. The van der Waals surface area contributed by atoms with Gasteiger partial charge in [-0.15, -0.1) is 0 Å². The molecular weight excluding hydrogens is 798 g/mol. The number of fused-ring (bicyclic) bond motifs is 8. The van der Waals surface area contributed by atoms with Crippen LogP contribution >= 0.6 is 0 Å². The van der Waals surface area contributed by atoms with Crippen molar-refractivity contribution in [1.29, 1.82) is 0 Å². The van der Waals surface area contributed by atoms with Crippen molar-refractivity contribution >= 4 is 84.5 Å². The molecule has 1 aromatic heterocycles. The summed E-state index contributed by atoms with van der Waals surface area (Å²) in [4.78, 5) is 5.00. The van der Waals surface area contributed by atoms with Gasteiger partial charge in [0.25, 0.3) is 0 Å². The molecule has 0 spiro atoms. The third kappa shape index (κ3) is 5.91. The van der Waals surface area contributed by atoms with Gasteiger partial charge in [-0.1, -0.05) is 166 Å². The van der Waals surface area contributed by atoms with Crippen LogP contribution in [0.2, 0.25) is 0 Å². The molecule has 10 aromatic carbocycles. The highest BCUT2D eigenvalue weighted by Crippen LogP contribution is 2.50. The zero-order chi connectivity index (χ0) is 44.1. The molecule has 3 nitrogen and oxygen atoms in total. The molecule has 66 heavy (non-hydrogen) atoms. The number of rotatable bonds is 6. The number of hydrogen-bond donors (Lipinski definition) is 0. The molecule has 0 atom stereocenters. The molecule has 13 rings (SSSR count). The molecular formula is C62H46BN3. The summed E-state index contributed by atoms with van der Waals surface area (Å²) in [7, 11) is 0. The maximum absolute atomic E-state index is 2.69. The predicted molar refractivity (Wildman–Crippen MR) is 282 cm³/mol. The Morgan fingerprint density at radius 3 is 1.71 bits per heavy atom. The molecule has 2 aliphatic heterocycles. The first-order chi connectivity index (χ1) is 32.4. The summed E-state index contributed by atoms with van der Waals surface area (Å²) < 4.78 is 2.69. The summed E-state index contributed by atoms with van der Waals surface area (Å²) >= 11 is 0. The number of aromatic nitrogens is 1. The van der Waals surface area contributed by atoms with E-state index in [0.29, 0.717) is 0 Å². The van der Waals surface area contributed by atoms with Crippen molar-refractivity contribution in [2.45, 2.75) is 26.2 Å². The lowest BCUT2D eigenvalue weighted by molar-refractivity contribution is 0.590. The van der Waals surface area contributed by atoms with Gasteiger partial charge in [-0.25, -0.2) is 0 Å². The van der Waals surface area contributed by atoms with Crippen molar-refractivity contribution in [2.24, 2.45) is 0 Å². The fraction of sp³-hybridized carbons (Fsp3) is 0.0645. The Bertz CT molecular complexity index is 3640. The minimum Gasteiger partial charge on any atom is -0.375 e. The molecule has 0 N–H and O–H groups in total. The van der Waals surface area contributed by atoms with Crippen molar-refractivity contribution in [3.8, 4) is 33.4 Å². The van der Waals surface area contributed by atoms with Crippen LogP contribution in [0.25, 0.3) is 66.0 Å². The molecule has 2 aliphatic rings. The SMILES string of the molecule is CC(C)(C)c1ccc(N2c3ccc(N(c4ccccc4)c4ccccc4)cc3B3c4c(cc(-c5ccccc5)cc42)-c2cccc4c5cc6ccccc6cc5n3c24)c(-c2ccccc2)c1. The number of anilines is 6. The number of hydrogen-bond acceptors (Lipinski definition) is 2. The summed E-state index contributed by atoms with van der Waals surface area (Å²) in [5, 5.41) is 5.06. The summed E-state index contributed by atoms with van der Waals surface area (Å²) in [5.41, 5.74) is 20.6. The molecule has 0 amide bonds. The highest BCUT2D eigenvalue weighted by atomic mass is 15.2. The molecule has 11 aromatic rings. The molecule has 0 saturated carbocycles. The van der Waals surface area contributed by atoms with Crippen LogP contribution in [0.4, 0.5) is 34.1 Å². The Kier molecular flexibility index (Phi) is 8.57. The van der Waals surface area contributed by atoms with Crippen LogP contribution in [0.3, 0.4) is 0 Å². The van der Waals surface area contributed by atoms with Crippen LogP contribution in [-0.2, 0) is 5.41 Å². The van der Waals surface area contributed by atoms with Gasteiger partial charge < -0.3 is 14.3 Å². The lowest BCUT2D eigenvalue weighted by atomic mass is 9.45. The number of nitrogens with zero attached hydrogens (tertiary/aromatic N) is 3. The van der Waals surface area contributed by atoms with E-state index in [0.717, 1.165) is 22.7 Å². The monoisotopic (exact) mass is 843 g/mol. The summed E-state index contributed by atoms with van der Waals surface area (Å²) in [6, 6.07) is 83.5. The molecule has 0 bridgehead atoms. The van der Waals surface area contributed by atoms with Crippen LogP contribution in [0.1, 0.15) is 26.3 Å². The molecule has 0 radical (unpaired) electrons. The Morgan fingerprint density at radius 2 is 1.03 bits per heavy atom. The topological polar surface area (TPSA) is 11.4 Å². The maximum Gasteiger partial charge on any atom is 0.333 e. The molecule has 0 unspecified atom stereocenters. The molecule has 0 fully saturated rings. The van der Waals surface area contributed by atoms with Gasteiger partial charge >= 0.3 is 6.85 Å². The average Bonchev–Trinajstić information content (AvgIpc) is 3.68. The van der Waals surface area contributed by atoms with Gasteiger partial charge in [-0.2, -0.15) is 0 Å². The Labute approximate surface area is 386 Å². The van der Waals surface area contributed by atoms with Gasteiger partial charge in [0.2, 0.25) is 0 Å². The van der Waals surface area contributed by atoms with Gasteiger partial charge in [0.15, 0.2) is 0 Å². The van der Waals surface area contributed by atoms with Crippen LogP contribution in [-0.4, -0.2) is 11.3 Å². The minimum atomic E-state index is -0.135. The zero-order valence-corrected chi connectivity index (χ0v) is 37.3. The standard InChI is InChI=1S/C62H46BN3/c1-62(2,3)46-31-33-56(52(39-46)42-21-10-5-11-22-42)65-57-34-32-49(64(47-25-12-6-13-26-47)48-27-14-7-15-28-48)40-55(57)63-60-54(36-45(38-59(60)65)41-19-8-4-9-20-41)51-30-18-29-50-53-35-43-23-16-17-24-44(43)37-58(53)66(63)61(50)51/h4-40H,1-3H3. The second-order valence-electron chi connectivity index (χ2n) is 18.9. The second kappa shape index (κ2) is 14.7. The number of para-hydroxylation sites is 3. The van der Waals surface area contributed by atoms with Crippen molar-refractivity contribution in [3.05, 3.63) is 230 Å². The smallest absolute Gasteiger partial charge is 0.333 e. The Balaban J connectivity index is 1.18. The van der Waals surface area contributed by atoms with E-state index in [4.69, 9.17) is 0 Å². The van der Waals surface area contributed by atoms with Gasteiger partial charge in [-0.3, -0.25) is 0 Å². The summed E-state index contributed by atoms with van der Waals surface area (Å²) in [6.45, 7) is 6.80. The van der Waals surface area contributed by atoms with E-state index in [1.165, 1.54) is 93.8 Å². The van der Waals surface area contributed by atoms with Crippen LogP contribution in [0.15, 0.2) is 224 Å². The molecule has 4 heteroatoms. The third-order valence-electron chi connectivity index (χ3n) is 14.0. The Hall–Kier alpha value is -8.08. The Morgan fingerprint density at radius 1 is 0.409 bits per heavy atom. The first-order valence-corrected chi connectivity index (χ1v) is 23.1. The van der Waals surface area contributed by atoms with E-state index in [1.54, 1.807) is 0 Å². The maximum atomic E-state index is 2.69. The lowest BCUT2D eigenvalue weighted by Gasteiger charge is -2.42. The quantitative estimate of drug-likeness (QED) is 0.155. The highest BCUT2D eigenvalue weighted by Gasteiger charge is 2.44. The van der Waals surface area contributed by atoms with Crippen molar-refractivity contribution in [1.82, 2.24) is 4.48 Å². The van der Waals surface area contributed by atoms with E-state index in [9.17, 15) is 0 Å². The summed E-state index contributed by atoms with van der Waals surface area (Å²) in [6.07, 6.45) is 0. The van der Waals surface area contributed by atoms with Crippen molar-refractivity contribution in [3.63, 3.8) is 0 Å². The van der Waals surface area contributed by atoms with Gasteiger partial charge in [0, 0.05) is 61.4 Å². The van der Waals surface area contributed by atoms with Crippen LogP contribution in [0.5, 0.6) is 0 Å². The zero-order valence-electron chi connectivity index (χ0n) is 37.3. The first-order valence-electron chi connectivity index (χ1n) is 23.1. The summed E-state index contributed by atoms with van der Waals surface area (Å²) in [5.74, 6) is 0. The van der Waals surface area contributed by atoms with Gasteiger partial charge in [0.05, 0.1) is 5.69 Å². The second-order valence-corrected chi connectivity index (χ2v) is 18.9. The fourth-order valence-corrected chi connectivity index (χ4v) is 11.0. The molecule has 3 heterocycles. The van der Waals surface area contributed by atoms with Crippen molar-refractivity contribution in [2.75, 3.05) is 9.80 Å². The first kappa shape index (κ1) is 38.4. The van der Waals surface area contributed by atoms with Crippen LogP contribution < -0.4 is 20.7 Å². The predicted octanol–water partition coefficient (Wildman–Crippen LogP) is 15.5. The van der Waals surface area contributed by atoms with E-state index in [2.05, 4.69) is 260 Å². The van der Waals surface area contributed by atoms with E-state index in [1.807, 2.05) is 0 Å². The van der Waals surface area contributed by atoms with Gasteiger partial charge in [0.1, 0.15) is 0 Å². The normalized spacial score (nSPS) is 12.7. The third-order valence-corrected chi connectivity index (χ3v) is 14.0.